The molecule has 132 valence electrons. The van der Waals surface area contributed by atoms with Crippen LogP contribution in [0.25, 0.3) is 0 Å². The molecular formula is C19H21NO4S. The quantitative estimate of drug-likeness (QED) is 0.786. The molecular weight excluding hydrogens is 338 g/mol. The van der Waals surface area contributed by atoms with Crippen LogP contribution < -0.4 is 4.31 Å². The summed E-state index contributed by atoms with van der Waals surface area (Å²) >= 11 is 0. The van der Waals surface area contributed by atoms with Crippen LogP contribution in [0.15, 0.2) is 47.4 Å². The Morgan fingerprint density at radius 2 is 1.88 bits per heavy atom. The van der Waals surface area contributed by atoms with E-state index < -0.39 is 16.0 Å². The van der Waals surface area contributed by atoms with Crippen LogP contribution in [0.3, 0.4) is 0 Å². The Morgan fingerprint density at radius 1 is 1.16 bits per heavy atom. The van der Waals surface area contributed by atoms with Crippen molar-refractivity contribution in [1.82, 2.24) is 0 Å². The molecule has 0 amide bonds. The summed E-state index contributed by atoms with van der Waals surface area (Å²) < 4.78 is 32.5. The van der Waals surface area contributed by atoms with Gasteiger partial charge in [-0.3, -0.25) is 4.31 Å². The number of ether oxygens (including phenoxy) is 1. The molecule has 1 heterocycles. The van der Waals surface area contributed by atoms with E-state index in [1.807, 2.05) is 25.1 Å². The third-order valence-corrected chi connectivity index (χ3v) is 6.09. The highest BCUT2D eigenvalue weighted by Gasteiger charge is 2.29. The summed E-state index contributed by atoms with van der Waals surface area (Å²) in [5.74, 6) is -0.453. The minimum atomic E-state index is -3.66. The highest BCUT2D eigenvalue weighted by molar-refractivity contribution is 7.92. The van der Waals surface area contributed by atoms with Crippen molar-refractivity contribution in [3.63, 3.8) is 0 Å². The predicted molar refractivity (Wildman–Crippen MR) is 96.4 cm³/mol. The number of esters is 1. The average molecular weight is 359 g/mol. The third-order valence-electron chi connectivity index (χ3n) is 4.26. The van der Waals surface area contributed by atoms with Crippen LogP contribution in [0.1, 0.15) is 34.8 Å². The second-order valence-electron chi connectivity index (χ2n) is 6.06. The number of fused-ring (bicyclic) bond motifs is 1. The molecule has 2 aromatic carbocycles. The van der Waals surface area contributed by atoms with E-state index in [1.54, 1.807) is 6.92 Å². The summed E-state index contributed by atoms with van der Waals surface area (Å²) in [4.78, 5) is 11.9. The lowest BCUT2D eigenvalue weighted by Gasteiger charge is -2.30. The fraction of sp³-hybridized carbons (Fsp3) is 0.316. The van der Waals surface area contributed by atoms with Gasteiger partial charge in [-0.15, -0.1) is 0 Å². The van der Waals surface area contributed by atoms with Crippen molar-refractivity contribution in [2.45, 2.75) is 31.6 Å². The molecule has 0 unspecified atom stereocenters. The van der Waals surface area contributed by atoms with E-state index >= 15 is 0 Å². The number of aryl methyl sites for hydroxylation is 2. The van der Waals surface area contributed by atoms with Gasteiger partial charge in [-0.25, -0.2) is 13.2 Å². The molecule has 25 heavy (non-hydrogen) atoms. The zero-order valence-electron chi connectivity index (χ0n) is 14.4. The van der Waals surface area contributed by atoms with Crippen LogP contribution in [0.2, 0.25) is 0 Å². The fourth-order valence-corrected chi connectivity index (χ4v) is 4.59. The number of nitrogens with zero attached hydrogens (tertiary/aromatic N) is 1. The van der Waals surface area contributed by atoms with Gasteiger partial charge in [-0.1, -0.05) is 17.7 Å². The first-order valence-electron chi connectivity index (χ1n) is 8.33. The van der Waals surface area contributed by atoms with E-state index in [4.69, 9.17) is 4.74 Å². The van der Waals surface area contributed by atoms with E-state index in [-0.39, 0.29) is 11.5 Å². The molecule has 0 saturated carbocycles. The zero-order valence-corrected chi connectivity index (χ0v) is 15.2. The van der Waals surface area contributed by atoms with E-state index in [0.29, 0.717) is 12.1 Å². The normalized spacial score (nSPS) is 14.1. The number of hydrogen-bond donors (Lipinski definition) is 0. The molecule has 0 aliphatic carbocycles. The topological polar surface area (TPSA) is 63.7 Å². The van der Waals surface area contributed by atoms with Gasteiger partial charge in [0.15, 0.2) is 0 Å². The van der Waals surface area contributed by atoms with Crippen molar-refractivity contribution in [2.75, 3.05) is 17.5 Å². The van der Waals surface area contributed by atoms with Gasteiger partial charge >= 0.3 is 5.97 Å². The van der Waals surface area contributed by atoms with Gasteiger partial charge in [-0.2, -0.15) is 0 Å². The molecule has 0 radical (unpaired) electrons. The average Bonchev–Trinajstić information content (AvgIpc) is 2.61. The monoisotopic (exact) mass is 359 g/mol. The maximum absolute atomic E-state index is 13.1. The molecule has 2 aromatic rings. The van der Waals surface area contributed by atoms with E-state index in [0.717, 1.165) is 29.7 Å². The molecule has 0 saturated heterocycles. The molecule has 6 heteroatoms. The highest BCUT2D eigenvalue weighted by Crippen LogP contribution is 2.32. The van der Waals surface area contributed by atoms with Crippen LogP contribution >= 0.6 is 0 Å². The standard InChI is InChI=1S/C19H21NO4S/c1-3-24-19(21)15-7-9-17(10-8-15)25(22,23)20-12-4-5-16-13-14(2)6-11-18(16)20/h6-11,13H,3-5,12H2,1-2H3. The maximum atomic E-state index is 13.1. The number of carbonyl (C=O) groups excluding carboxylic acids is 1. The largest absolute Gasteiger partial charge is 0.462 e. The van der Waals surface area contributed by atoms with Crippen LogP contribution in [0, 0.1) is 6.92 Å². The fourth-order valence-electron chi connectivity index (χ4n) is 3.05. The smallest absolute Gasteiger partial charge is 0.338 e. The molecule has 0 fully saturated rings. The number of anilines is 1. The van der Waals surface area contributed by atoms with E-state index in [9.17, 15) is 13.2 Å². The zero-order chi connectivity index (χ0) is 18.0. The van der Waals surface area contributed by atoms with Crippen molar-refractivity contribution in [3.8, 4) is 0 Å². The summed E-state index contributed by atoms with van der Waals surface area (Å²) in [5.41, 5.74) is 3.26. The lowest BCUT2D eigenvalue weighted by Crippen LogP contribution is -2.35. The van der Waals surface area contributed by atoms with Gasteiger partial charge in [0.05, 0.1) is 22.8 Å². The van der Waals surface area contributed by atoms with Crippen LogP contribution in [0.5, 0.6) is 0 Å². The first-order valence-corrected chi connectivity index (χ1v) is 9.77. The van der Waals surface area contributed by atoms with Gasteiger partial charge in [0, 0.05) is 6.54 Å². The molecule has 1 aliphatic heterocycles. The van der Waals surface area contributed by atoms with E-state index in [2.05, 4.69) is 0 Å². The maximum Gasteiger partial charge on any atom is 0.338 e. The molecule has 0 aromatic heterocycles. The van der Waals surface area contributed by atoms with Gasteiger partial charge in [0.25, 0.3) is 10.0 Å². The van der Waals surface area contributed by atoms with Gasteiger partial charge in [0.1, 0.15) is 0 Å². The summed E-state index contributed by atoms with van der Waals surface area (Å²) in [7, 11) is -3.66. The van der Waals surface area contributed by atoms with Crippen molar-refractivity contribution < 1.29 is 17.9 Å². The van der Waals surface area contributed by atoms with Crippen molar-refractivity contribution >= 4 is 21.7 Å². The summed E-state index contributed by atoms with van der Waals surface area (Å²) in [6, 6.07) is 11.7. The Morgan fingerprint density at radius 3 is 2.56 bits per heavy atom. The third kappa shape index (κ3) is 3.39. The van der Waals surface area contributed by atoms with Crippen molar-refractivity contribution in [2.24, 2.45) is 0 Å². The Labute approximate surface area is 148 Å². The van der Waals surface area contributed by atoms with Crippen molar-refractivity contribution in [1.29, 1.82) is 0 Å². The predicted octanol–water partition coefficient (Wildman–Crippen LogP) is 3.31. The number of carbonyl (C=O) groups is 1. The van der Waals surface area contributed by atoms with Crippen molar-refractivity contribution in [3.05, 3.63) is 59.2 Å². The minimum absolute atomic E-state index is 0.175. The molecule has 0 N–H and O–H groups in total. The second kappa shape index (κ2) is 6.88. The van der Waals surface area contributed by atoms with Gasteiger partial charge in [-0.05, 0) is 62.6 Å². The van der Waals surface area contributed by atoms with Crippen LogP contribution in [0.4, 0.5) is 5.69 Å². The Balaban J connectivity index is 1.94. The highest BCUT2D eigenvalue weighted by atomic mass is 32.2. The second-order valence-corrected chi connectivity index (χ2v) is 7.92. The molecule has 0 atom stereocenters. The SMILES string of the molecule is CCOC(=O)c1ccc(S(=O)(=O)N2CCCc3cc(C)ccc32)cc1. The first kappa shape index (κ1) is 17.5. The lowest BCUT2D eigenvalue weighted by molar-refractivity contribution is 0.0526. The minimum Gasteiger partial charge on any atom is -0.462 e. The number of sulfonamides is 1. The summed E-state index contributed by atoms with van der Waals surface area (Å²) in [5, 5.41) is 0. The Hall–Kier alpha value is -2.34. The molecule has 5 nitrogen and oxygen atoms in total. The number of benzene rings is 2. The lowest BCUT2D eigenvalue weighted by atomic mass is 10.0. The Kier molecular flexibility index (Phi) is 4.81. The number of rotatable bonds is 4. The molecule has 0 spiro atoms. The molecule has 1 aliphatic rings. The van der Waals surface area contributed by atoms with Crippen LogP contribution in [-0.4, -0.2) is 27.5 Å². The van der Waals surface area contributed by atoms with Gasteiger partial charge in [0.2, 0.25) is 0 Å². The molecule has 3 rings (SSSR count). The summed E-state index contributed by atoms with van der Waals surface area (Å²) in [6.45, 7) is 4.47. The van der Waals surface area contributed by atoms with Crippen LogP contribution in [-0.2, 0) is 21.2 Å². The molecule has 0 bridgehead atoms. The summed E-state index contributed by atoms with van der Waals surface area (Å²) in [6.07, 6.45) is 1.67. The first-order chi connectivity index (χ1) is 11.9. The number of hydrogen-bond acceptors (Lipinski definition) is 4. The van der Waals surface area contributed by atoms with E-state index in [1.165, 1.54) is 28.6 Å². The van der Waals surface area contributed by atoms with Gasteiger partial charge < -0.3 is 4.74 Å². The Bertz CT molecular complexity index is 888.